The summed E-state index contributed by atoms with van der Waals surface area (Å²) in [6, 6.07) is 14.5. The van der Waals surface area contributed by atoms with Crippen LogP contribution in [0, 0.1) is 10.1 Å². The highest BCUT2D eigenvalue weighted by Crippen LogP contribution is 2.33. The van der Waals surface area contributed by atoms with Gasteiger partial charge in [0.2, 0.25) is 0 Å². The fourth-order valence-electron chi connectivity index (χ4n) is 2.17. The highest BCUT2D eigenvalue weighted by atomic mass is 16.6. The average Bonchev–Trinajstić information content (AvgIpc) is 2.86. The van der Waals surface area contributed by atoms with E-state index in [1.807, 2.05) is 36.5 Å². The Hall–Kier alpha value is -2.62. The lowest BCUT2D eigenvalue weighted by molar-refractivity contribution is -0.384. The number of aromatic nitrogens is 1. The second kappa shape index (κ2) is 4.00. The van der Waals surface area contributed by atoms with Crippen LogP contribution in [0.15, 0.2) is 54.7 Å². The van der Waals surface area contributed by atoms with E-state index in [1.54, 1.807) is 12.1 Å². The molecule has 0 spiro atoms. The minimum absolute atomic E-state index is 0.125. The molecule has 18 heavy (non-hydrogen) atoms. The van der Waals surface area contributed by atoms with Crippen molar-refractivity contribution in [3.8, 4) is 11.1 Å². The maximum Gasteiger partial charge on any atom is 0.277 e. The second-order valence-electron chi connectivity index (χ2n) is 4.02. The maximum atomic E-state index is 11.1. The van der Waals surface area contributed by atoms with Gasteiger partial charge in [-0.25, -0.2) is 0 Å². The summed E-state index contributed by atoms with van der Waals surface area (Å²) >= 11 is 0. The van der Waals surface area contributed by atoms with Gasteiger partial charge < -0.3 is 4.98 Å². The monoisotopic (exact) mass is 238 g/mol. The van der Waals surface area contributed by atoms with Crippen LogP contribution in [-0.2, 0) is 0 Å². The summed E-state index contributed by atoms with van der Waals surface area (Å²) < 4.78 is 0. The van der Waals surface area contributed by atoms with E-state index in [1.165, 1.54) is 6.07 Å². The number of H-pyrrole nitrogens is 1. The SMILES string of the molecule is O=[N+]([O-])c1ccccc1-c1cccc2cc[nH]c12. The molecule has 0 amide bonds. The van der Waals surface area contributed by atoms with Gasteiger partial charge in [0, 0.05) is 17.8 Å². The predicted molar refractivity (Wildman–Crippen MR) is 70.4 cm³/mol. The molecule has 0 aliphatic carbocycles. The van der Waals surface area contributed by atoms with Crippen LogP contribution in [0.3, 0.4) is 0 Å². The lowest BCUT2D eigenvalue weighted by Gasteiger charge is -2.04. The number of benzene rings is 2. The smallest absolute Gasteiger partial charge is 0.277 e. The van der Waals surface area contributed by atoms with Crippen molar-refractivity contribution < 1.29 is 4.92 Å². The van der Waals surface area contributed by atoms with Crippen molar-refractivity contribution in [2.24, 2.45) is 0 Å². The zero-order chi connectivity index (χ0) is 12.5. The lowest BCUT2D eigenvalue weighted by atomic mass is 10.0. The Labute approximate surface area is 103 Å². The average molecular weight is 238 g/mol. The number of rotatable bonds is 2. The van der Waals surface area contributed by atoms with Crippen molar-refractivity contribution >= 4 is 16.6 Å². The molecule has 0 saturated carbocycles. The molecule has 0 radical (unpaired) electrons. The van der Waals surface area contributed by atoms with Gasteiger partial charge in [-0.05, 0) is 17.5 Å². The molecule has 1 aromatic heterocycles. The number of hydrogen-bond donors (Lipinski definition) is 1. The summed E-state index contributed by atoms with van der Waals surface area (Å²) in [7, 11) is 0. The van der Waals surface area contributed by atoms with E-state index in [2.05, 4.69) is 4.98 Å². The van der Waals surface area contributed by atoms with Gasteiger partial charge in [-0.2, -0.15) is 0 Å². The minimum atomic E-state index is -0.350. The van der Waals surface area contributed by atoms with Crippen LogP contribution in [0.1, 0.15) is 0 Å². The van der Waals surface area contributed by atoms with Gasteiger partial charge in [-0.15, -0.1) is 0 Å². The molecule has 0 aliphatic rings. The zero-order valence-electron chi connectivity index (χ0n) is 9.46. The minimum Gasteiger partial charge on any atom is -0.361 e. The summed E-state index contributed by atoms with van der Waals surface area (Å²) in [5.74, 6) is 0. The van der Waals surface area contributed by atoms with Gasteiger partial charge >= 0.3 is 0 Å². The first-order valence-electron chi connectivity index (χ1n) is 5.57. The van der Waals surface area contributed by atoms with Crippen molar-refractivity contribution in [3.63, 3.8) is 0 Å². The van der Waals surface area contributed by atoms with Crippen molar-refractivity contribution in [2.45, 2.75) is 0 Å². The number of nitrogens with zero attached hydrogens (tertiary/aromatic N) is 1. The molecule has 1 N–H and O–H groups in total. The predicted octanol–water partition coefficient (Wildman–Crippen LogP) is 3.74. The third kappa shape index (κ3) is 1.55. The molecule has 3 aromatic rings. The molecule has 0 fully saturated rings. The van der Waals surface area contributed by atoms with E-state index in [0.29, 0.717) is 5.56 Å². The zero-order valence-corrected chi connectivity index (χ0v) is 9.46. The summed E-state index contributed by atoms with van der Waals surface area (Å²) in [5.41, 5.74) is 2.53. The number of nitro benzene ring substituents is 1. The van der Waals surface area contributed by atoms with Gasteiger partial charge in [0.05, 0.1) is 16.0 Å². The van der Waals surface area contributed by atoms with Gasteiger partial charge in [0.15, 0.2) is 0 Å². The number of fused-ring (bicyclic) bond motifs is 1. The van der Waals surface area contributed by atoms with Gasteiger partial charge in [-0.1, -0.05) is 30.3 Å². The number of nitro groups is 1. The molecule has 0 unspecified atom stereocenters. The first-order valence-corrected chi connectivity index (χ1v) is 5.57. The largest absolute Gasteiger partial charge is 0.361 e. The number of nitrogens with one attached hydrogen (secondary N) is 1. The Kier molecular flexibility index (Phi) is 2.34. The van der Waals surface area contributed by atoms with Gasteiger partial charge in [0.1, 0.15) is 0 Å². The fraction of sp³-hybridized carbons (Fsp3) is 0. The molecule has 4 nitrogen and oxygen atoms in total. The van der Waals surface area contributed by atoms with E-state index in [0.717, 1.165) is 16.5 Å². The summed E-state index contributed by atoms with van der Waals surface area (Å²) in [4.78, 5) is 13.8. The molecular formula is C14H10N2O2. The molecule has 3 rings (SSSR count). The fourth-order valence-corrected chi connectivity index (χ4v) is 2.17. The van der Waals surface area contributed by atoms with E-state index in [4.69, 9.17) is 0 Å². The highest BCUT2D eigenvalue weighted by molar-refractivity contribution is 5.96. The van der Waals surface area contributed by atoms with Crippen LogP contribution < -0.4 is 0 Å². The Bertz CT molecular complexity index is 731. The highest BCUT2D eigenvalue weighted by Gasteiger charge is 2.16. The molecule has 0 bridgehead atoms. The molecule has 1 heterocycles. The Morgan fingerprint density at radius 2 is 1.72 bits per heavy atom. The molecule has 0 saturated heterocycles. The number of hydrogen-bond acceptors (Lipinski definition) is 2. The van der Waals surface area contributed by atoms with Crippen LogP contribution >= 0.6 is 0 Å². The third-order valence-corrected chi connectivity index (χ3v) is 2.98. The summed E-state index contributed by atoms with van der Waals surface area (Å²) in [6.07, 6.45) is 1.84. The van der Waals surface area contributed by atoms with Gasteiger partial charge in [-0.3, -0.25) is 10.1 Å². The first kappa shape index (κ1) is 10.5. The van der Waals surface area contributed by atoms with Crippen LogP contribution in [-0.4, -0.2) is 9.91 Å². The Morgan fingerprint density at radius 3 is 2.56 bits per heavy atom. The molecule has 0 atom stereocenters. The Morgan fingerprint density at radius 1 is 0.944 bits per heavy atom. The summed E-state index contributed by atoms with van der Waals surface area (Å²) in [6.45, 7) is 0. The third-order valence-electron chi connectivity index (χ3n) is 2.98. The topological polar surface area (TPSA) is 58.9 Å². The lowest BCUT2D eigenvalue weighted by Crippen LogP contribution is -1.91. The van der Waals surface area contributed by atoms with Crippen LogP contribution in [0.5, 0.6) is 0 Å². The van der Waals surface area contributed by atoms with E-state index < -0.39 is 0 Å². The van der Waals surface area contributed by atoms with Crippen molar-refractivity contribution in [1.82, 2.24) is 4.98 Å². The normalized spacial score (nSPS) is 10.7. The number of para-hydroxylation sites is 2. The van der Waals surface area contributed by atoms with Crippen molar-refractivity contribution in [1.29, 1.82) is 0 Å². The number of aromatic amines is 1. The summed E-state index contributed by atoms with van der Waals surface area (Å²) in [5, 5.41) is 12.1. The molecule has 4 heteroatoms. The molecule has 88 valence electrons. The van der Waals surface area contributed by atoms with E-state index in [-0.39, 0.29) is 10.6 Å². The van der Waals surface area contributed by atoms with E-state index in [9.17, 15) is 10.1 Å². The standard InChI is InChI=1S/C14H10N2O2/c17-16(18)13-7-2-1-5-11(13)12-6-3-4-10-8-9-15-14(10)12/h1-9,15H. The van der Waals surface area contributed by atoms with E-state index >= 15 is 0 Å². The van der Waals surface area contributed by atoms with Crippen molar-refractivity contribution in [3.05, 3.63) is 64.8 Å². The molecule has 2 aromatic carbocycles. The van der Waals surface area contributed by atoms with Crippen LogP contribution in [0.25, 0.3) is 22.0 Å². The maximum absolute atomic E-state index is 11.1. The van der Waals surface area contributed by atoms with Crippen molar-refractivity contribution in [2.75, 3.05) is 0 Å². The molecule has 0 aliphatic heterocycles. The van der Waals surface area contributed by atoms with Crippen LogP contribution in [0.2, 0.25) is 0 Å². The van der Waals surface area contributed by atoms with Gasteiger partial charge in [0.25, 0.3) is 5.69 Å². The van der Waals surface area contributed by atoms with Crippen LogP contribution in [0.4, 0.5) is 5.69 Å². The second-order valence-corrected chi connectivity index (χ2v) is 4.02. The Balaban J connectivity index is 2.33. The molecular weight excluding hydrogens is 228 g/mol. The first-order chi connectivity index (χ1) is 8.77. The quantitative estimate of drug-likeness (QED) is 0.546.